The molecule has 0 saturated heterocycles. The van der Waals surface area contributed by atoms with Crippen LogP contribution in [0.1, 0.15) is 13.3 Å². The molecule has 17 heavy (non-hydrogen) atoms. The summed E-state index contributed by atoms with van der Waals surface area (Å²) in [5.41, 5.74) is 0.772. The number of amides is 1. The second kappa shape index (κ2) is 7.10. The van der Waals surface area contributed by atoms with Gasteiger partial charge in [0.25, 0.3) is 0 Å². The van der Waals surface area contributed by atoms with Gasteiger partial charge in [-0.3, -0.25) is 10.1 Å². The first kappa shape index (κ1) is 13.8. The number of hydrogen-bond acceptors (Lipinski definition) is 2. The van der Waals surface area contributed by atoms with Gasteiger partial charge in [-0.25, -0.2) is 0 Å². The maximum Gasteiger partial charge on any atom is 0.238 e. The van der Waals surface area contributed by atoms with Crippen molar-refractivity contribution in [1.82, 2.24) is 5.32 Å². The summed E-state index contributed by atoms with van der Waals surface area (Å²) in [7, 11) is 0. The molecule has 0 aliphatic carbocycles. The van der Waals surface area contributed by atoms with E-state index in [4.69, 9.17) is 6.42 Å². The zero-order valence-electron chi connectivity index (χ0n) is 9.66. The number of hydrogen-bond donors (Lipinski definition) is 2. The molecule has 4 heteroatoms. The first-order chi connectivity index (χ1) is 8.15. The van der Waals surface area contributed by atoms with Crippen LogP contribution in [0.15, 0.2) is 28.7 Å². The minimum absolute atomic E-state index is 0.0503. The summed E-state index contributed by atoms with van der Waals surface area (Å²) in [6.07, 6.45) is 6.10. The van der Waals surface area contributed by atoms with Crippen LogP contribution in [0.2, 0.25) is 0 Å². The lowest BCUT2D eigenvalue weighted by Gasteiger charge is -2.10. The number of nitrogens with one attached hydrogen (secondary N) is 2. The van der Waals surface area contributed by atoms with Gasteiger partial charge in [0, 0.05) is 10.2 Å². The first-order valence-electron chi connectivity index (χ1n) is 5.40. The molecule has 0 saturated carbocycles. The lowest BCUT2D eigenvalue weighted by Crippen LogP contribution is -2.34. The van der Waals surface area contributed by atoms with Crippen molar-refractivity contribution in [2.45, 2.75) is 19.4 Å². The number of halogens is 1. The molecule has 3 nitrogen and oxygen atoms in total. The smallest absolute Gasteiger partial charge is 0.238 e. The van der Waals surface area contributed by atoms with Gasteiger partial charge < -0.3 is 5.32 Å². The van der Waals surface area contributed by atoms with Crippen LogP contribution in [-0.2, 0) is 4.79 Å². The number of benzene rings is 1. The first-order valence-corrected chi connectivity index (χ1v) is 6.20. The predicted octanol–water partition coefficient (Wildman–Crippen LogP) is 2.39. The predicted molar refractivity (Wildman–Crippen MR) is 73.7 cm³/mol. The molecule has 90 valence electrons. The van der Waals surface area contributed by atoms with Gasteiger partial charge in [0.05, 0.1) is 12.6 Å². The molecule has 0 aliphatic rings. The van der Waals surface area contributed by atoms with Crippen LogP contribution in [0, 0.1) is 12.3 Å². The topological polar surface area (TPSA) is 41.1 Å². The van der Waals surface area contributed by atoms with E-state index in [0.29, 0.717) is 0 Å². The second-order valence-corrected chi connectivity index (χ2v) is 4.48. The number of carbonyl (C=O) groups excluding carboxylic acids is 1. The van der Waals surface area contributed by atoms with Crippen molar-refractivity contribution in [3.05, 3.63) is 28.7 Å². The minimum atomic E-state index is -0.0963. The molecule has 0 spiro atoms. The Morgan fingerprint density at radius 1 is 1.47 bits per heavy atom. The largest absolute Gasteiger partial charge is 0.325 e. The van der Waals surface area contributed by atoms with E-state index in [9.17, 15) is 4.79 Å². The van der Waals surface area contributed by atoms with Gasteiger partial charge in [0.15, 0.2) is 0 Å². The summed E-state index contributed by atoms with van der Waals surface area (Å²) in [6, 6.07) is 7.37. The van der Waals surface area contributed by atoms with E-state index in [2.05, 4.69) is 32.5 Å². The number of terminal acetylenes is 1. The van der Waals surface area contributed by atoms with Crippen LogP contribution in [0.25, 0.3) is 0 Å². The Kier molecular flexibility index (Phi) is 5.75. The van der Waals surface area contributed by atoms with Gasteiger partial charge in [-0.1, -0.05) is 28.8 Å². The zero-order chi connectivity index (χ0) is 12.7. The Balaban J connectivity index is 2.40. The quantitative estimate of drug-likeness (QED) is 0.819. The van der Waals surface area contributed by atoms with Crippen LogP contribution in [-0.4, -0.2) is 18.5 Å². The second-order valence-electron chi connectivity index (χ2n) is 3.56. The monoisotopic (exact) mass is 294 g/mol. The van der Waals surface area contributed by atoms with Gasteiger partial charge in [-0.15, -0.1) is 6.42 Å². The SMILES string of the molecule is C#CC(CC)NCC(=O)Nc1ccc(Br)cc1. The minimum Gasteiger partial charge on any atom is -0.325 e. The molecule has 1 atom stereocenters. The molecule has 0 bridgehead atoms. The van der Waals surface area contributed by atoms with Crippen molar-refractivity contribution in [2.75, 3.05) is 11.9 Å². The van der Waals surface area contributed by atoms with Crippen LogP contribution in [0.3, 0.4) is 0 Å². The zero-order valence-corrected chi connectivity index (χ0v) is 11.3. The molecule has 1 unspecified atom stereocenters. The van der Waals surface area contributed by atoms with E-state index in [-0.39, 0.29) is 18.5 Å². The van der Waals surface area contributed by atoms with Crippen molar-refractivity contribution >= 4 is 27.5 Å². The van der Waals surface area contributed by atoms with Gasteiger partial charge in [-0.05, 0) is 30.7 Å². The molecule has 1 amide bonds. The number of rotatable bonds is 5. The molecule has 0 aromatic heterocycles. The highest BCUT2D eigenvalue weighted by atomic mass is 79.9. The van der Waals surface area contributed by atoms with E-state index in [1.807, 2.05) is 31.2 Å². The highest BCUT2D eigenvalue weighted by Gasteiger charge is 2.05. The Labute approximate surface area is 110 Å². The van der Waals surface area contributed by atoms with Gasteiger partial charge in [0.1, 0.15) is 0 Å². The van der Waals surface area contributed by atoms with E-state index >= 15 is 0 Å². The molecule has 1 aromatic rings. The van der Waals surface area contributed by atoms with Crippen molar-refractivity contribution in [1.29, 1.82) is 0 Å². The molecule has 0 heterocycles. The Morgan fingerprint density at radius 3 is 2.65 bits per heavy atom. The molecule has 1 aromatic carbocycles. The molecular formula is C13H15BrN2O. The van der Waals surface area contributed by atoms with E-state index in [1.165, 1.54) is 0 Å². The maximum atomic E-state index is 11.6. The standard InChI is InChI=1S/C13H15BrN2O/c1-3-11(4-2)15-9-13(17)16-12-7-5-10(14)6-8-12/h1,5-8,11,15H,4,9H2,2H3,(H,16,17). The highest BCUT2D eigenvalue weighted by Crippen LogP contribution is 2.13. The third kappa shape index (κ3) is 5.03. The molecule has 2 N–H and O–H groups in total. The van der Waals surface area contributed by atoms with Crippen molar-refractivity contribution in [3.63, 3.8) is 0 Å². The Bertz CT molecular complexity index is 408. The molecule has 0 radical (unpaired) electrons. The van der Waals surface area contributed by atoms with Crippen molar-refractivity contribution in [2.24, 2.45) is 0 Å². The number of carbonyl (C=O) groups is 1. The van der Waals surface area contributed by atoms with Crippen molar-refractivity contribution < 1.29 is 4.79 Å². The van der Waals surface area contributed by atoms with E-state index < -0.39 is 0 Å². The molecule has 0 aliphatic heterocycles. The Hall–Kier alpha value is -1.31. The fourth-order valence-corrected chi connectivity index (χ4v) is 1.54. The van der Waals surface area contributed by atoms with Crippen molar-refractivity contribution in [3.8, 4) is 12.3 Å². The highest BCUT2D eigenvalue weighted by molar-refractivity contribution is 9.10. The average molecular weight is 295 g/mol. The van der Waals surface area contributed by atoms with E-state index in [1.54, 1.807) is 0 Å². The van der Waals surface area contributed by atoms with Gasteiger partial charge in [0.2, 0.25) is 5.91 Å². The van der Waals surface area contributed by atoms with Gasteiger partial charge in [-0.2, -0.15) is 0 Å². The summed E-state index contributed by atoms with van der Waals surface area (Å²) in [5, 5.41) is 5.77. The average Bonchev–Trinajstić information content (AvgIpc) is 2.33. The normalized spacial score (nSPS) is 11.6. The fourth-order valence-electron chi connectivity index (χ4n) is 1.28. The lowest BCUT2D eigenvalue weighted by molar-refractivity contribution is -0.115. The van der Waals surface area contributed by atoms with E-state index in [0.717, 1.165) is 16.6 Å². The molecule has 1 rings (SSSR count). The summed E-state index contributed by atoms with van der Waals surface area (Å²) in [5.74, 6) is 2.48. The van der Waals surface area contributed by atoms with Gasteiger partial charge >= 0.3 is 0 Å². The molecule has 0 fully saturated rings. The molecular weight excluding hydrogens is 280 g/mol. The Morgan fingerprint density at radius 2 is 2.12 bits per heavy atom. The lowest BCUT2D eigenvalue weighted by atomic mass is 10.2. The van der Waals surface area contributed by atoms with Crippen LogP contribution < -0.4 is 10.6 Å². The van der Waals surface area contributed by atoms with Crippen LogP contribution >= 0.6 is 15.9 Å². The summed E-state index contributed by atoms with van der Waals surface area (Å²) < 4.78 is 0.979. The summed E-state index contributed by atoms with van der Waals surface area (Å²) in [4.78, 5) is 11.6. The van der Waals surface area contributed by atoms with Crippen LogP contribution in [0.5, 0.6) is 0 Å². The summed E-state index contributed by atoms with van der Waals surface area (Å²) >= 11 is 3.33. The third-order valence-electron chi connectivity index (χ3n) is 2.25. The fraction of sp³-hybridized carbons (Fsp3) is 0.308. The number of anilines is 1. The van der Waals surface area contributed by atoms with Crippen LogP contribution in [0.4, 0.5) is 5.69 Å². The third-order valence-corrected chi connectivity index (χ3v) is 2.78. The maximum absolute atomic E-state index is 11.6. The summed E-state index contributed by atoms with van der Waals surface area (Å²) in [6.45, 7) is 2.20.